The van der Waals surface area contributed by atoms with Crippen molar-refractivity contribution in [3.8, 4) is 11.5 Å². The highest BCUT2D eigenvalue weighted by atomic mass is 19.1. The van der Waals surface area contributed by atoms with Gasteiger partial charge in [-0.1, -0.05) is 25.1 Å². The average Bonchev–Trinajstić information content (AvgIpc) is 3.22. The third kappa shape index (κ3) is 5.49. The Bertz CT molecular complexity index is 885. The lowest BCUT2D eigenvalue weighted by Gasteiger charge is -2.29. The molecule has 2 aromatic rings. The molecule has 0 aromatic heterocycles. The summed E-state index contributed by atoms with van der Waals surface area (Å²) in [4.78, 5) is 27.1. The molecule has 1 N–H and O–H groups in total. The third-order valence-electron chi connectivity index (χ3n) is 5.05. The molecule has 0 fully saturated rings. The summed E-state index contributed by atoms with van der Waals surface area (Å²) in [6.45, 7) is 4.68. The molecule has 0 bridgehead atoms. The number of nitrogens with zero attached hydrogens (tertiary/aromatic N) is 1. The molecule has 0 spiro atoms. The Hall–Kier alpha value is -3.09. The number of carbonyl (C=O) groups is 2. The molecule has 0 saturated carbocycles. The van der Waals surface area contributed by atoms with Crippen molar-refractivity contribution in [3.05, 3.63) is 59.4 Å². The van der Waals surface area contributed by atoms with Gasteiger partial charge in [0.05, 0.1) is 0 Å². The molecule has 30 heavy (non-hydrogen) atoms. The largest absolute Gasteiger partial charge is 0.454 e. The van der Waals surface area contributed by atoms with E-state index in [9.17, 15) is 14.0 Å². The summed E-state index contributed by atoms with van der Waals surface area (Å²) in [6.07, 6.45) is 1.57. The fourth-order valence-corrected chi connectivity index (χ4v) is 3.26. The van der Waals surface area contributed by atoms with Crippen molar-refractivity contribution in [2.75, 3.05) is 13.3 Å². The van der Waals surface area contributed by atoms with E-state index >= 15 is 0 Å². The van der Waals surface area contributed by atoms with Gasteiger partial charge in [0.2, 0.25) is 18.6 Å². The van der Waals surface area contributed by atoms with Crippen molar-refractivity contribution in [1.29, 1.82) is 0 Å². The number of amides is 2. The monoisotopic (exact) mass is 414 g/mol. The van der Waals surface area contributed by atoms with Gasteiger partial charge in [0.15, 0.2) is 11.5 Å². The lowest BCUT2D eigenvalue weighted by molar-refractivity contribution is -0.140. The molecule has 1 heterocycles. The summed E-state index contributed by atoms with van der Waals surface area (Å²) < 4.78 is 23.9. The molecule has 2 aromatic carbocycles. The molecule has 2 amide bonds. The number of fused-ring (bicyclic) bond motifs is 1. The lowest BCUT2D eigenvalue weighted by Crippen LogP contribution is -2.47. The topological polar surface area (TPSA) is 67.9 Å². The van der Waals surface area contributed by atoms with Crippen molar-refractivity contribution in [2.45, 2.75) is 45.7 Å². The summed E-state index contributed by atoms with van der Waals surface area (Å²) in [5, 5.41) is 2.84. The molecular weight excluding hydrogens is 387 g/mol. The SMILES string of the molecule is CCCNC(=O)[C@@H](C)N(Cc1ccc(F)cc1)C(=O)CCc1ccc2c(c1)OCO2. The Morgan fingerprint density at radius 2 is 1.80 bits per heavy atom. The van der Waals surface area contributed by atoms with E-state index in [-0.39, 0.29) is 37.4 Å². The molecule has 7 heteroatoms. The van der Waals surface area contributed by atoms with Crippen LogP contribution in [-0.4, -0.2) is 36.1 Å². The first-order valence-electron chi connectivity index (χ1n) is 10.2. The van der Waals surface area contributed by atoms with Crippen LogP contribution in [0, 0.1) is 5.82 Å². The van der Waals surface area contributed by atoms with E-state index in [0.29, 0.717) is 24.5 Å². The summed E-state index contributed by atoms with van der Waals surface area (Å²) in [6, 6.07) is 10.9. The summed E-state index contributed by atoms with van der Waals surface area (Å²) >= 11 is 0. The van der Waals surface area contributed by atoms with Crippen LogP contribution in [0.2, 0.25) is 0 Å². The Morgan fingerprint density at radius 3 is 2.53 bits per heavy atom. The fourth-order valence-electron chi connectivity index (χ4n) is 3.26. The summed E-state index contributed by atoms with van der Waals surface area (Å²) in [5.41, 5.74) is 1.72. The highest BCUT2D eigenvalue weighted by Crippen LogP contribution is 2.32. The van der Waals surface area contributed by atoms with Gasteiger partial charge in [-0.3, -0.25) is 9.59 Å². The van der Waals surface area contributed by atoms with Crippen molar-refractivity contribution < 1.29 is 23.5 Å². The summed E-state index contributed by atoms with van der Waals surface area (Å²) in [7, 11) is 0. The van der Waals surface area contributed by atoms with Crippen molar-refractivity contribution in [3.63, 3.8) is 0 Å². The predicted octanol–water partition coefficient (Wildman–Crippen LogP) is 3.43. The van der Waals surface area contributed by atoms with Crippen LogP contribution in [0.5, 0.6) is 11.5 Å². The molecule has 1 aliphatic rings. The zero-order valence-corrected chi connectivity index (χ0v) is 17.3. The zero-order chi connectivity index (χ0) is 21.5. The zero-order valence-electron chi connectivity index (χ0n) is 17.3. The van der Waals surface area contributed by atoms with Crippen LogP contribution in [0.25, 0.3) is 0 Å². The Balaban J connectivity index is 1.69. The van der Waals surface area contributed by atoms with E-state index in [1.165, 1.54) is 12.1 Å². The van der Waals surface area contributed by atoms with Gasteiger partial charge in [0.25, 0.3) is 0 Å². The first-order valence-corrected chi connectivity index (χ1v) is 10.2. The van der Waals surface area contributed by atoms with Crippen LogP contribution in [0.3, 0.4) is 0 Å². The number of benzene rings is 2. The van der Waals surface area contributed by atoms with Gasteiger partial charge in [-0.2, -0.15) is 0 Å². The first kappa shape index (κ1) is 21.6. The average molecular weight is 414 g/mol. The third-order valence-corrected chi connectivity index (χ3v) is 5.05. The molecule has 1 atom stereocenters. The van der Waals surface area contributed by atoms with Crippen molar-refractivity contribution in [1.82, 2.24) is 10.2 Å². The number of nitrogens with one attached hydrogen (secondary N) is 1. The maximum atomic E-state index is 13.2. The second kappa shape index (κ2) is 10.1. The minimum absolute atomic E-state index is 0.142. The van der Waals surface area contributed by atoms with Gasteiger partial charge < -0.3 is 19.7 Å². The molecule has 0 aliphatic carbocycles. The van der Waals surface area contributed by atoms with E-state index in [1.54, 1.807) is 24.0 Å². The highest BCUT2D eigenvalue weighted by Gasteiger charge is 2.26. The number of rotatable bonds is 9. The van der Waals surface area contributed by atoms with Gasteiger partial charge in [-0.15, -0.1) is 0 Å². The Labute approximate surface area is 176 Å². The van der Waals surface area contributed by atoms with E-state index in [2.05, 4.69) is 5.32 Å². The van der Waals surface area contributed by atoms with Gasteiger partial charge in [-0.05, 0) is 55.2 Å². The quantitative estimate of drug-likeness (QED) is 0.683. The van der Waals surface area contributed by atoms with Crippen LogP contribution in [0.1, 0.15) is 37.8 Å². The van der Waals surface area contributed by atoms with Crippen LogP contribution >= 0.6 is 0 Å². The number of hydrogen-bond donors (Lipinski definition) is 1. The molecule has 6 nitrogen and oxygen atoms in total. The van der Waals surface area contributed by atoms with Crippen molar-refractivity contribution >= 4 is 11.8 Å². The number of carbonyl (C=O) groups excluding carboxylic acids is 2. The first-order chi connectivity index (χ1) is 14.5. The number of hydrogen-bond acceptors (Lipinski definition) is 4. The second-order valence-electron chi connectivity index (χ2n) is 7.30. The second-order valence-corrected chi connectivity index (χ2v) is 7.30. The van der Waals surface area contributed by atoms with Gasteiger partial charge >= 0.3 is 0 Å². The molecular formula is C23H27FN2O4. The fraction of sp³-hybridized carbons (Fsp3) is 0.391. The number of aryl methyl sites for hydroxylation is 1. The predicted molar refractivity (Wildman–Crippen MR) is 111 cm³/mol. The van der Waals surface area contributed by atoms with E-state index in [0.717, 1.165) is 17.5 Å². The number of halogens is 1. The number of ether oxygens (including phenoxy) is 2. The van der Waals surface area contributed by atoms with E-state index in [1.807, 2.05) is 25.1 Å². The lowest BCUT2D eigenvalue weighted by atomic mass is 10.1. The normalized spacial score (nSPS) is 13.0. The standard InChI is InChI=1S/C23H27FN2O4/c1-3-12-25-23(28)16(2)26(14-18-4-8-19(24)9-5-18)22(27)11-7-17-6-10-20-21(13-17)30-15-29-20/h4-6,8-10,13,16H,3,7,11-12,14-15H2,1-2H3,(H,25,28)/t16-/m1/s1. The molecule has 0 radical (unpaired) electrons. The van der Waals surface area contributed by atoms with E-state index < -0.39 is 6.04 Å². The summed E-state index contributed by atoms with van der Waals surface area (Å²) in [5.74, 6) is 0.694. The van der Waals surface area contributed by atoms with Gasteiger partial charge in [0, 0.05) is 19.5 Å². The van der Waals surface area contributed by atoms with Crippen LogP contribution in [0.15, 0.2) is 42.5 Å². The van der Waals surface area contributed by atoms with Gasteiger partial charge in [0.1, 0.15) is 11.9 Å². The Kier molecular flexibility index (Phi) is 7.27. The van der Waals surface area contributed by atoms with E-state index in [4.69, 9.17) is 9.47 Å². The molecule has 3 rings (SSSR count). The molecule has 160 valence electrons. The van der Waals surface area contributed by atoms with Crippen LogP contribution in [-0.2, 0) is 22.6 Å². The van der Waals surface area contributed by atoms with Crippen LogP contribution in [0.4, 0.5) is 4.39 Å². The highest BCUT2D eigenvalue weighted by molar-refractivity contribution is 5.87. The minimum Gasteiger partial charge on any atom is -0.454 e. The molecule has 0 unspecified atom stereocenters. The Morgan fingerprint density at radius 1 is 1.10 bits per heavy atom. The smallest absolute Gasteiger partial charge is 0.242 e. The maximum absolute atomic E-state index is 13.2. The van der Waals surface area contributed by atoms with Crippen LogP contribution < -0.4 is 14.8 Å². The van der Waals surface area contributed by atoms with Gasteiger partial charge in [-0.25, -0.2) is 4.39 Å². The maximum Gasteiger partial charge on any atom is 0.242 e. The minimum atomic E-state index is -0.633. The van der Waals surface area contributed by atoms with Crippen molar-refractivity contribution in [2.24, 2.45) is 0 Å². The molecule has 1 aliphatic heterocycles. The molecule has 0 saturated heterocycles.